The summed E-state index contributed by atoms with van der Waals surface area (Å²) in [7, 11) is -1.04. The van der Waals surface area contributed by atoms with Gasteiger partial charge in [-0.3, -0.25) is 9.19 Å². The number of pyridine rings is 1. The molecule has 3 atom stereocenters. The molecule has 0 saturated carbocycles. The number of likely N-dealkylation sites (tertiary alicyclic amines) is 1. The van der Waals surface area contributed by atoms with Gasteiger partial charge in [-0.25, -0.2) is 4.79 Å². The van der Waals surface area contributed by atoms with Gasteiger partial charge in [0.15, 0.2) is 6.10 Å². The van der Waals surface area contributed by atoms with Crippen molar-refractivity contribution in [2.75, 3.05) is 19.3 Å². The Hall–Kier alpha value is -2.62. The van der Waals surface area contributed by atoms with Crippen LogP contribution in [0, 0.1) is 5.92 Å². The average molecular weight is 483 g/mol. The van der Waals surface area contributed by atoms with Crippen molar-refractivity contribution < 1.29 is 31.6 Å². The summed E-state index contributed by atoms with van der Waals surface area (Å²) in [6, 6.07) is 9.44. The summed E-state index contributed by atoms with van der Waals surface area (Å²) in [4.78, 5) is 18.6. The number of ether oxygens (including phenoxy) is 2. The number of carbonyl (C=O) groups is 1. The highest BCUT2D eigenvalue weighted by molar-refractivity contribution is 7.84. The molecule has 6 nitrogen and oxygen atoms in total. The molecule has 1 fully saturated rings. The van der Waals surface area contributed by atoms with Gasteiger partial charge in [0.05, 0.1) is 11.9 Å². The molecule has 0 spiro atoms. The van der Waals surface area contributed by atoms with E-state index in [0.717, 1.165) is 34.4 Å². The van der Waals surface area contributed by atoms with Crippen LogP contribution >= 0.6 is 0 Å². The second-order valence-electron chi connectivity index (χ2n) is 8.41. The van der Waals surface area contributed by atoms with Gasteiger partial charge in [0, 0.05) is 52.6 Å². The van der Waals surface area contributed by atoms with Crippen molar-refractivity contribution in [1.29, 1.82) is 0 Å². The minimum atomic E-state index is -4.57. The zero-order valence-electron chi connectivity index (χ0n) is 18.3. The first-order chi connectivity index (χ1) is 15.6. The molecule has 0 aliphatic carbocycles. The SMILES string of the molecule is C[C@@H](OC(=O)N1CCC([C@H]2Cc3cc(-c4ccc(S(C)=O)cc4)ncc3O2)CC1)C(F)(F)F. The van der Waals surface area contributed by atoms with Gasteiger partial charge < -0.3 is 14.4 Å². The van der Waals surface area contributed by atoms with Gasteiger partial charge in [-0.2, -0.15) is 13.2 Å². The van der Waals surface area contributed by atoms with Crippen molar-refractivity contribution >= 4 is 16.9 Å². The van der Waals surface area contributed by atoms with Gasteiger partial charge in [0.1, 0.15) is 11.9 Å². The summed E-state index contributed by atoms with van der Waals surface area (Å²) in [5, 5.41) is 0. The van der Waals surface area contributed by atoms with Crippen LogP contribution in [0.2, 0.25) is 0 Å². The van der Waals surface area contributed by atoms with E-state index in [1.807, 2.05) is 30.3 Å². The van der Waals surface area contributed by atoms with Crippen LogP contribution in [0.3, 0.4) is 0 Å². The van der Waals surface area contributed by atoms with Gasteiger partial charge in [-0.05, 0) is 43.9 Å². The lowest BCUT2D eigenvalue weighted by Gasteiger charge is -2.34. The largest absolute Gasteiger partial charge is 0.488 e. The lowest BCUT2D eigenvalue weighted by molar-refractivity contribution is -0.200. The first-order valence-electron chi connectivity index (χ1n) is 10.7. The van der Waals surface area contributed by atoms with Crippen molar-refractivity contribution in [2.24, 2.45) is 5.92 Å². The fraction of sp³-hybridized carbons (Fsp3) is 0.478. The van der Waals surface area contributed by atoms with Crippen molar-refractivity contribution in [3.05, 3.63) is 42.1 Å². The van der Waals surface area contributed by atoms with E-state index in [0.29, 0.717) is 32.4 Å². The average Bonchev–Trinajstić information content (AvgIpc) is 3.22. The summed E-state index contributed by atoms with van der Waals surface area (Å²) in [5.74, 6) is 0.916. The molecule has 1 aromatic carbocycles. The normalized spacial score (nSPS) is 20.6. The maximum Gasteiger partial charge on any atom is 0.425 e. The summed E-state index contributed by atoms with van der Waals surface area (Å²) in [6.07, 6.45) is -2.37. The molecule has 3 heterocycles. The standard InChI is InChI=1S/C23H25F3N2O4S/c1-14(23(24,25)26)31-22(29)28-9-7-16(8-10-28)20-12-17-11-19(27-13-21(17)32-20)15-3-5-18(6-4-15)33(2)30/h3-6,11,13-14,16,20H,7-10,12H2,1-2H3/t14-,20-,33?/m1/s1. The van der Waals surface area contributed by atoms with Crippen LogP contribution in [0.15, 0.2) is 41.4 Å². The molecule has 2 aromatic rings. The highest BCUT2D eigenvalue weighted by atomic mass is 32.2. The highest BCUT2D eigenvalue weighted by Crippen LogP contribution is 2.37. The zero-order valence-corrected chi connectivity index (χ0v) is 19.1. The number of hydrogen-bond donors (Lipinski definition) is 0. The number of fused-ring (bicyclic) bond motifs is 1. The van der Waals surface area contributed by atoms with Gasteiger partial charge in [0.2, 0.25) is 0 Å². The molecule has 0 radical (unpaired) electrons. The van der Waals surface area contributed by atoms with E-state index < -0.39 is 29.2 Å². The van der Waals surface area contributed by atoms with Crippen LogP contribution < -0.4 is 4.74 Å². The maximum atomic E-state index is 12.6. The number of nitrogens with zero attached hydrogens (tertiary/aromatic N) is 2. The lowest BCUT2D eigenvalue weighted by atomic mass is 9.89. The number of hydrogen-bond acceptors (Lipinski definition) is 5. The van der Waals surface area contributed by atoms with E-state index in [-0.39, 0.29) is 12.0 Å². The number of aromatic nitrogens is 1. The van der Waals surface area contributed by atoms with E-state index >= 15 is 0 Å². The molecule has 10 heteroatoms. The summed E-state index contributed by atoms with van der Waals surface area (Å²) in [6.45, 7) is 1.49. The number of carbonyl (C=O) groups excluding carboxylic acids is 1. The Morgan fingerprint density at radius 1 is 1.24 bits per heavy atom. The van der Waals surface area contributed by atoms with E-state index in [1.54, 1.807) is 12.5 Å². The minimum Gasteiger partial charge on any atom is -0.488 e. The Bertz CT molecular complexity index is 1040. The van der Waals surface area contributed by atoms with Gasteiger partial charge in [0.25, 0.3) is 0 Å². The molecule has 1 amide bonds. The molecule has 2 aliphatic rings. The monoisotopic (exact) mass is 482 g/mol. The molecular weight excluding hydrogens is 457 g/mol. The second-order valence-corrected chi connectivity index (χ2v) is 9.79. The predicted octanol–water partition coefficient (Wildman–Crippen LogP) is 4.59. The molecule has 4 rings (SSSR count). The maximum absolute atomic E-state index is 12.6. The molecule has 0 N–H and O–H groups in total. The number of amides is 1. The third kappa shape index (κ3) is 5.31. The van der Waals surface area contributed by atoms with Crippen LogP contribution in [-0.4, -0.2) is 57.9 Å². The van der Waals surface area contributed by atoms with E-state index in [4.69, 9.17) is 4.74 Å². The fourth-order valence-corrected chi connectivity index (χ4v) is 4.68. The first-order valence-corrected chi connectivity index (χ1v) is 12.3. The second kappa shape index (κ2) is 9.32. The number of halogens is 3. The Morgan fingerprint density at radius 2 is 1.91 bits per heavy atom. The fourth-order valence-electron chi connectivity index (χ4n) is 4.16. The van der Waals surface area contributed by atoms with Crippen LogP contribution in [0.4, 0.5) is 18.0 Å². The summed E-state index contributed by atoms with van der Waals surface area (Å²) >= 11 is 0. The Balaban J connectivity index is 1.34. The quantitative estimate of drug-likeness (QED) is 0.638. The predicted molar refractivity (Wildman–Crippen MR) is 116 cm³/mol. The Morgan fingerprint density at radius 3 is 2.52 bits per heavy atom. The molecule has 1 unspecified atom stereocenters. The van der Waals surface area contributed by atoms with Crippen LogP contribution in [-0.2, 0) is 22.0 Å². The van der Waals surface area contributed by atoms with Crippen molar-refractivity contribution in [1.82, 2.24) is 9.88 Å². The number of piperidine rings is 1. The zero-order chi connectivity index (χ0) is 23.8. The van der Waals surface area contributed by atoms with Gasteiger partial charge >= 0.3 is 12.3 Å². The third-order valence-electron chi connectivity index (χ3n) is 6.19. The molecule has 33 heavy (non-hydrogen) atoms. The molecule has 2 aliphatic heterocycles. The van der Waals surface area contributed by atoms with Gasteiger partial charge in [-0.15, -0.1) is 0 Å². The molecule has 1 saturated heterocycles. The minimum absolute atomic E-state index is 0.0609. The molecule has 1 aromatic heterocycles. The van der Waals surface area contributed by atoms with Crippen molar-refractivity contribution in [3.63, 3.8) is 0 Å². The topological polar surface area (TPSA) is 68.7 Å². The summed E-state index contributed by atoms with van der Waals surface area (Å²) in [5.41, 5.74) is 2.78. The van der Waals surface area contributed by atoms with Crippen LogP contribution in [0.25, 0.3) is 11.3 Å². The van der Waals surface area contributed by atoms with Crippen molar-refractivity contribution in [2.45, 2.75) is 49.5 Å². The Labute approximate surface area is 192 Å². The summed E-state index contributed by atoms with van der Waals surface area (Å²) < 4.78 is 60.1. The molecule has 0 bridgehead atoms. The highest BCUT2D eigenvalue weighted by Gasteiger charge is 2.41. The van der Waals surface area contributed by atoms with Crippen LogP contribution in [0.5, 0.6) is 5.75 Å². The first kappa shape index (κ1) is 23.5. The smallest absolute Gasteiger partial charge is 0.425 e. The third-order valence-corrected chi connectivity index (χ3v) is 7.13. The van der Waals surface area contributed by atoms with Crippen molar-refractivity contribution in [3.8, 4) is 17.0 Å². The molecule has 178 valence electrons. The Kier molecular flexibility index (Phi) is 6.65. The number of alkyl halides is 3. The number of rotatable bonds is 4. The van der Waals surface area contributed by atoms with Crippen LogP contribution in [0.1, 0.15) is 25.3 Å². The van der Waals surface area contributed by atoms with E-state index in [9.17, 15) is 22.2 Å². The molecular formula is C23H25F3N2O4S. The number of benzene rings is 1. The van der Waals surface area contributed by atoms with E-state index in [2.05, 4.69) is 9.72 Å². The lowest BCUT2D eigenvalue weighted by Crippen LogP contribution is -2.44. The van der Waals surface area contributed by atoms with Gasteiger partial charge in [-0.1, -0.05) is 12.1 Å². The van der Waals surface area contributed by atoms with E-state index in [1.165, 1.54) is 4.90 Å².